The number of hydrogen-bond donors (Lipinski definition) is 0. The number of rotatable bonds is 6. The van der Waals surface area contributed by atoms with Gasteiger partial charge in [-0.25, -0.2) is 0 Å². The second kappa shape index (κ2) is 13.3. The second-order valence-corrected chi connectivity index (χ2v) is 16.9. The molecule has 0 aliphatic carbocycles. The molecule has 2 aromatic heterocycles. The third kappa shape index (κ3) is 5.09. The predicted octanol–water partition coefficient (Wildman–Crippen LogP) is 16.8. The van der Waals surface area contributed by atoms with Crippen LogP contribution in [0.15, 0.2) is 206 Å². The quantitative estimate of drug-likeness (QED) is 0.123. The zero-order chi connectivity index (χ0) is 38.2. The molecular weight excluding hydrogens is 741 g/mol. The van der Waals surface area contributed by atoms with E-state index < -0.39 is 0 Å². The normalized spacial score (nSPS) is 11.8. The summed E-state index contributed by atoms with van der Waals surface area (Å²) in [4.78, 5) is 5.06. The van der Waals surface area contributed by atoms with Crippen LogP contribution in [0.2, 0.25) is 0 Å². The fourth-order valence-electron chi connectivity index (χ4n) is 9.05. The largest absolute Gasteiger partial charge is 0.308 e. The van der Waals surface area contributed by atoms with Crippen LogP contribution < -0.4 is 9.80 Å². The molecule has 0 atom stereocenters. The highest BCUT2D eigenvalue weighted by molar-refractivity contribution is 7.26. The first-order chi connectivity index (χ1) is 28.8. The number of benzene rings is 10. The van der Waals surface area contributed by atoms with E-state index in [0.29, 0.717) is 0 Å². The molecule has 0 fully saturated rings. The first-order valence-corrected chi connectivity index (χ1v) is 21.3. The number of para-hydroxylation sites is 2. The molecule has 0 saturated carbocycles. The number of hydrogen-bond acceptors (Lipinski definition) is 4. The van der Waals surface area contributed by atoms with E-state index in [-0.39, 0.29) is 0 Å². The molecule has 2 heterocycles. The van der Waals surface area contributed by atoms with Crippen LogP contribution in [0.1, 0.15) is 0 Å². The van der Waals surface area contributed by atoms with E-state index in [4.69, 9.17) is 0 Å². The fourth-order valence-corrected chi connectivity index (χ4v) is 11.5. The number of anilines is 6. The summed E-state index contributed by atoms with van der Waals surface area (Å²) in [5, 5.41) is 12.3. The molecule has 4 heteroatoms. The highest BCUT2D eigenvalue weighted by Gasteiger charge is 2.28. The average Bonchev–Trinajstić information content (AvgIpc) is 3.87. The van der Waals surface area contributed by atoms with Gasteiger partial charge in [0.2, 0.25) is 0 Å². The van der Waals surface area contributed by atoms with Gasteiger partial charge in [-0.1, -0.05) is 146 Å². The minimum absolute atomic E-state index is 1.12. The van der Waals surface area contributed by atoms with Gasteiger partial charge in [0.25, 0.3) is 0 Å². The van der Waals surface area contributed by atoms with Crippen molar-refractivity contribution in [2.45, 2.75) is 0 Å². The summed E-state index contributed by atoms with van der Waals surface area (Å²) in [7, 11) is 0. The molecule has 0 spiro atoms. The molecule has 12 aromatic rings. The second-order valence-electron chi connectivity index (χ2n) is 14.8. The Morgan fingerprint density at radius 1 is 0.276 bits per heavy atom. The topological polar surface area (TPSA) is 6.48 Å². The van der Waals surface area contributed by atoms with Crippen LogP contribution in [0.25, 0.3) is 72.7 Å². The maximum atomic E-state index is 2.53. The molecular formula is C54H34N2S2. The van der Waals surface area contributed by atoms with E-state index in [1.165, 1.54) is 95.4 Å². The lowest BCUT2D eigenvalue weighted by molar-refractivity contribution is 1.31. The van der Waals surface area contributed by atoms with Crippen molar-refractivity contribution in [3.05, 3.63) is 206 Å². The van der Waals surface area contributed by atoms with Crippen LogP contribution >= 0.6 is 22.7 Å². The fraction of sp³-hybridized carbons (Fsp3) is 0. The minimum atomic E-state index is 1.12. The summed E-state index contributed by atoms with van der Waals surface area (Å²) in [5.41, 5.74) is 6.93. The van der Waals surface area contributed by atoms with Crippen LogP contribution in [0, 0.1) is 0 Å². The Hall–Kier alpha value is -6.98. The lowest BCUT2D eigenvalue weighted by Crippen LogP contribution is -2.14. The van der Waals surface area contributed by atoms with Gasteiger partial charge < -0.3 is 9.80 Å². The highest BCUT2D eigenvalue weighted by atomic mass is 32.1. The zero-order valence-electron chi connectivity index (χ0n) is 31.3. The summed E-state index contributed by atoms with van der Waals surface area (Å²) in [5.74, 6) is 0. The van der Waals surface area contributed by atoms with Crippen molar-refractivity contribution in [1.82, 2.24) is 0 Å². The molecule has 58 heavy (non-hydrogen) atoms. The molecule has 0 amide bonds. The molecule has 12 rings (SSSR count). The van der Waals surface area contributed by atoms with Gasteiger partial charge in [0, 0.05) is 63.9 Å². The van der Waals surface area contributed by atoms with Gasteiger partial charge in [-0.05, 0) is 71.4 Å². The smallest absolute Gasteiger partial charge is 0.0640 e. The van der Waals surface area contributed by atoms with Crippen molar-refractivity contribution in [3.63, 3.8) is 0 Å². The van der Waals surface area contributed by atoms with Gasteiger partial charge in [0.15, 0.2) is 0 Å². The summed E-state index contributed by atoms with van der Waals surface area (Å²) in [6, 6.07) is 75.8. The van der Waals surface area contributed by atoms with Crippen LogP contribution in [0.3, 0.4) is 0 Å². The Kier molecular flexibility index (Phi) is 7.62. The lowest BCUT2D eigenvalue weighted by atomic mass is 9.93. The molecule has 10 aromatic carbocycles. The first kappa shape index (κ1) is 33.2. The van der Waals surface area contributed by atoms with Gasteiger partial charge in [0.05, 0.1) is 32.1 Å². The lowest BCUT2D eigenvalue weighted by Gasteiger charge is -2.33. The van der Waals surface area contributed by atoms with Gasteiger partial charge in [0.1, 0.15) is 0 Å². The Morgan fingerprint density at radius 3 is 1.09 bits per heavy atom. The minimum Gasteiger partial charge on any atom is -0.308 e. The molecule has 0 bridgehead atoms. The van der Waals surface area contributed by atoms with E-state index in [9.17, 15) is 0 Å². The van der Waals surface area contributed by atoms with Gasteiger partial charge in [-0.15, -0.1) is 22.7 Å². The molecule has 0 N–H and O–H groups in total. The van der Waals surface area contributed by atoms with Crippen molar-refractivity contribution in [3.8, 4) is 0 Å². The Bertz CT molecular complexity index is 3300. The van der Waals surface area contributed by atoms with Crippen LogP contribution in [-0.2, 0) is 0 Å². The average molecular weight is 775 g/mol. The Morgan fingerprint density at radius 2 is 0.638 bits per heavy atom. The molecule has 0 unspecified atom stereocenters. The molecule has 0 aliphatic rings. The van der Waals surface area contributed by atoms with Gasteiger partial charge >= 0.3 is 0 Å². The number of nitrogens with zero attached hydrogens (tertiary/aromatic N) is 2. The van der Waals surface area contributed by atoms with Gasteiger partial charge in [-0.3, -0.25) is 0 Å². The molecule has 272 valence electrons. The SMILES string of the molecule is c1ccc(N(c2c3ccccc3c(N(c3ccccc3)c3cccc4c3sc3ccccc34)c3cc4ccccc4cc23)c2cccc3c2sc2ccccc23)cc1. The summed E-state index contributed by atoms with van der Waals surface area (Å²) in [6.07, 6.45) is 0. The van der Waals surface area contributed by atoms with Crippen LogP contribution in [0.5, 0.6) is 0 Å². The van der Waals surface area contributed by atoms with Crippen molar-refractivity contribution < 1.29 is 0 Å². The summed E-state index contributed by atoms with van der Waals surface area (Å²) in [6.45, 7) is 0. The van der Waals surface area contributed by atoms with Gasteiger partial charge in [-0.2, -0.15) is 0 Å². The number of fused-ring (bicyclic) bond motifs is 9. The van der Waals surface area contributed by atoms with E-state index in [2.05, 4.69) is 216 Å². The van der Waals surface area contributed by atoms with Crippen molar-refractivity contribution in [2.75, 3.05) is 9.80 Å². The van der Waals surface area contributed by atoms with Crippen molar-refractivity contribution in [1.29, 1.82) is 0 Å². The molecule has 2 nitrogen and oxygen atoms in total. The standard InChI is InChI=1S/C54H34N2S2/c1-3-19-37(20-4-1)55(47-29-15-27-43-39-23-11-13-31-49(39)57-53(43)47)51-41-25-9-10-26-42(41)52(46-34-36-18-8-7-17-35(36)33-45(46)51)56(38-21-5-2-6-22-38)48-30-16-28-44-40-24-12-14-32-50(40)58-54(44)48/h1-34H. The predicted molar refractivity (Wildman–Crippen MR) is 254 cm³/mol. The molecule has 0 saturated heterocycles. The van der Waals surface area contributed by atoms with Crippen molar-refractivity contribution in [2.24, 2.45) is 0 Å². The van der Waals surface area contributed by atoms with E-state index in [1.54, 1.807) is 0 Å². The highest BCUT2D eigenvalue weighted by Crippen LogP contribution is 2.54. The van der Waals surface area contributed by atoms with E-state index in [0.717, 1.165) is 11.4 Å². The Labute approximate surface area is 343 Å². The number of thiophene rings is 2. The van der Waals surface area contributed by atoms with Crippen molar-refractivity contribution >= 4 is 129 Å². The maximum absolute atomic E-state index is 2.53. The van der Waals surface area contributed by atoms with Crippen LogP contribution in [0.4, 0.5) is 34.1 Å². The first-order valence-electron chi connectivity index (χ1n) is 19.7. The zero-order valence-corrected chi connectivity index (χ0v) is 33.0. The third-order valence-electron chi connectivity index (χ3n) is 11.6. The summed E-state index contributed by atoms with van der Waals surface area (Å²) < 4.78 is 5.14. The Balaban J connectivity index is 1.26. The van der Waals surface area contributed by atoms with E-state index in [1.807, 2.05) is 22.7 Å². The maximum Gasteiger partial charge on any atom is 0.0640 e. The molecule has 0 aliphatic heterocycles. The third-order valence-corrected chi connectivity index (χ3v) is 14.0. The molecule has 0 radical (unpaired) electrons. The monoisotopic (exact) mass is 774 g/mol. The van der Waals surface area contributed by atoms with Crippen LogP contribution in [-0.4, -0.2) is 0 Å². The summed E-state index contributed by atoms with van der Waals surface area (Å²) >= 11 is 3.75. The van der Waals surface area contributed by atoms with E-state index >= 15 is 0 Å².